The highest BCUT2D eigenvalue weighted by Crippen LogP contribution is 2.41. The summed E-state index contributed by atoms with van der Waals surface area (Å²) in [5.41, 5.74) is 10.9. The van der Waals surface area contributed by atoms with Gasteiger partial charge in [-0.2, -0.15) is 0 Å². The number of nitrogens with zero attached hydrogens (tertiary/aromatic N) is 3. The van der Waals surface area contributed by atoms with Gasteiger partial charge in [0.25, 0.3) is 26.0 Å². The quantitative estimate of drug-likeness (QED) is 0.0195. The lowest BCUT2D eigenvalue weighted by Gasteiger charge is -2.27. The van der Waals surface area contributed by atoms with Crippen LogP contribution in [-0.4, -0.2) is 126 Å². The van der Waals surface area contributed by atoms with Crippen LogP contribution >= 0.6 is 0 Å². The molecule has 7 aromatic carbocycles. The zero-order valence-corrected chi connectivity index (χ0v) is 70.4. The van der Waals surface area contributed by atoms with Gasteiger partial charge in [-0.1, -0.05) is 175 Å². The third kappa shape index (κ3) is 25.4. The Balaban J connectivity index is 0.000000195. The molecule has 11 rings (SSSR count). The molecule has 0 spiro atoms. The maximum atomic E-state index is 14.2. The van der Waals surface area contributed by atoms with E-state index < -0.39 is 32.1 Å². The maximum Gasteiger partial charge on any atom is 0.268 e. The largest absolute Gasteiger partial charge is 0.377 e. The minimum Gasteiger partial charge on any atom is -0.377 e. The summed E-state index contributed by atoms with van der Waals surface area (Å²) in [5.74, 6) is 0.628. The fraction of sp³-hybridized carbons (Fsp3) is 0.435. The number of fused-ring (bicyclic) bond motifs is 5. The molecular formula is C92H119N9O12S2. The van der Waals surface area contributed by atoms with Crippen LogP contribution in [0.3, 0.4) is 0 Å². The number of benzene rings is 7. The highest BCUT2D eigenvalue weighted by atomic mass is 32.2. The Kier molecular flexibility index (Phi) is 35.4. The highest BCUT2D eigenvalue weighted by Gasteiger charge is 2.44. The third-order valence-corrected chi connectivity index (χ3v) is 25.0. The van der Waals surface area contributed by atoms with Gasteiger partial charge in [-0.25, -0.2) is 16.8 Å². The van der Waals surface area contributed by atoms with Crippen LogP contribution < -0.4 is 34.8 Å². The van der Waals surface area contributed by atoms with Crippen LogP contribution in [0.5, 0.6) is 0 Å². The van der Waals surface area contributed by atoms with Gasteiger partial charge >= 0.3 is 0 Å². The fourth-order valence-electron chi connectivity index (χ4n) is 14.6. The van der Waals surface area contributed by atoms with E-state index in [0.29, 0.717) is 131 Å². The number of Topliss-reactive ketones (excluding diaryl/α,β-unsaturated/α-hetero) is 4. The van der Waals surface area contributed by atoms with E-state index >= 15 is 0 Å². The molecule has 0 saturated heterocycles. The lowest BCUT2D eigenvalue weighted by atomic mass is 10.1. The molecule has 21 nitrogen and oxygen atoms in total. The number of carbonyl (C=O) groups excluding carboxylic acids is 8. The van der Waals surface area contributed by atoms with Gasteiger partial charge in [-0.3, -0.25) is 47.0 Å². The second-order valence-electron chi connectivity index (χ2n) is 29.9. The summed E-state index contributed by atoms with van der Waals surface area (Å²) >= 11 is 0. The molecule has 616 valence electrons. The summed E-state index contributed by atoms with van der Waals surface area (Å²) < 4.78 is 57.9. The van der Waals surface area contributed by atoms with E-state index in [9.17, 15) is 55.2 Å². The standard InChI is InChI=1S/C29H35N3O4S.C24H30N2O4S.C21H30N2O2.C18H24N2O2/c1-4-22(33)13-6-5-9-19-30-29(34)27-20-21-12-7-8-16-25(21)32(27)37(35,36)28-18-11-14-23-24(28)15-10-17-26(23)31(2)3;1-3-20(27)10-5-4-8-16-25-24(28)23-17-19-9-6-7-11-22(19)26(23)31(29,30)21-14-12-18(2)13-15-21;1-3-17(24)10-6-4-5-7-13-21(25)22-15-14-18-16(2)23-20-12-9-8-11-19(18)20;1-3-14(21)9-5-4-8-12-19-18(22)17-13(2)15-10-6-7-11-16(15)20-17/h7-8,10-12,14-18,27H,4-6,9,13,19-20H2,1-3H3,(H,30,34);6-7,9,11-15,23H,3-5,8,10,16-17H2,1-2H3,(H,25,28);8-9,11-12,23H,3-7,10,13-15H2,1-2H3,(H,22,25);6-7,10-11,20H,3-5,8-9,12H2,1-2H3,(H,19,22). The number of hydrogen-bond acceptors (Lipinski definition) is 13. The summed E-state index contributed by atoms with van der Waals surface area (Å²) in [6.07, 6.45) is 18.4. The summed E-state index contributed by atoms with van der Waals surface area (Å²) in [7, 11) is -4.08. The van der Waals surface area contributed by atoms with Crippen LogP contribution in [-0.2, 0) is 72.9 Å². The van der Waals surface area contributed by atoms with Crippen molar-refractivity contribution in [1.82, 2.24) is 31.2 Å². The number of H-pyrrole nitrogens is 2. The van der Waals surface area contributed by atoms with Gasteiger partial charge in [0.15, 0.2) is 0 Å². The SMILES string of the molecule is CCC(=O)CCCCCCC(=O)NCCc1c(C)[nH]c2ccccc12.CCC(=O)CCCCCNC(=O)C1Cc2ccccc2N1S(=O)(=O)c1ccc(C)cc1.CCC(=O)CCCCCNC(=O)C1Cc2ccccc2N1S(=O)(=O)c1cccc2c(N(C)C)cccc12.CCC(=O)CCCCCNC(=O)c1[nH]c2ccccc2c1C. The number of aromatic amines is 2. The monoisotopic (exact) mass is 1610 g/mol. The number of ketones is 4. The number of hydrogen-bond donors (Lipinski definition) is 6. The number of aromatic nitrogens is 2. The van der Waals surface area contributed by atoms with Crippen LogP contribution in [0.2, 0.25) is 0 Å². The molecule has 2 aliphatic heterocycles. The second-order valence-corrected chi connectivity index (χ2v) is 33.5. The molecule has 2 atom stereocenters. The molecular weight excluding hydrogens is 1490 g/mol. The van der Waals surface area contributed by atoms with Gasteiger partial charge in [0, 0.05) is 155 Å². The number of amides is 4. The molecule has 2 unspecified atom stereocenters. The number of aryl methyl sites for hydroxylation is 3. The van der Waals surface area contributed by atoms with Crippen molar-refractivity contribution in [2.45, 2.75) is 231 Å². The van der Waals surface area contributed by atoms with E-state index in [2.05, 4.69) is 50.3 Å². The van der Waals surface area contributed by atoms with Gasteiger partial charge in [0.2, 0.25) is 17.7 Å². The molecule has 0 bridgehead atoms. The van der Waals surface area contributed by atoms with Crippen molar-refractivity contribution >= 4 is 116 Å². The molecule has 0 radical (unpaired) electrons. The molecule has 2 aromatic heterocycles. The number of nitrogens with one attached hydrogen (secondary N) is 6. The Morgan fingerprint density at radius 2 is 0.843 bits per heavy atom. The van der Waals surface area contributed by atoms with Gasteiger partial charge in [0.05, 0.1) is 21.2 Å². The average Bonchev–Trinajstić information content (AvgIpc) is 1.69. The number of anilines is 3. The van der Waals surface area contributed by atoms with Crippen molar-refractivity contribution < 1.29 is 55.2 Å². The predicted octanol–water partition coefficient (Wildman–Crippen LogP) is 16.7. The van der Waals surface area contributed by atoms with Crippen molar-refractivity contribution in [2.75, 3.05) is 53.8 Å². The smallest absolute Gasteiger partial charge is 0.268 e. The molecule has 9 aromatic rings. The van der Waals surface area contributed by atoms with E-state index in [-0.39, 0.29) is 45.0 Å². The van der Waals surface area contributed by atoms with Crippen LogP contribution in [0.1, 0.15) is 213 Å². The van der Waals surface area contributed by atoms with Crippen molar-refractivity contribution in [3.63, 3.8) is 0 Å². The summed E-state index contributed by atoms with van der Waals surface area (Å²) in [6, 6.07) is 46.7. The minimum absolute atomic E-state index is 0.0571. The Hall–Kier alpha value is -10.3. The molecule has 4 heterocycles. The molecule has 6 N–H and O–H groups in total. The van der Waals surface area contributed by atoms with Gasteiger partial charge < -0.3 is 36.1 Å². The lowest BCUT2D eigenvalue weighted by molar-refractivity contribution is -0.122. The molecule has 23 heteroatoms. The van der Waals surface area contributed by atoms with Crippen molar-refractivity contribution in [3.05, 3.63) is 197 Å². The number of para-hydroxylation sites is 4. The molecule has 4 amide bonds. The van der Waals surface area contributed by atoms with Crippen molar-refractivity contribution in [1.29, 1.82) is 0 Å². The first-order valence-corrected chi connectivity index (χ1v) is 44.0. The zero-order valence-electron chi connectivity index (χ0n) is 68.7. The van der Waals surface area contributed by atoms with E-state index in [4.69, 9.17) is 0 Å². The number of rotatable bonds is 40. The van der Waals surface area contributed by atoms with Gasteiger partial charge in [0.1, 0.15) is 40.9 Å². The first kappa shape index (κ1) is 90.3. The Labute approximate surface area is 680 Å². The fourth-order valence-corrected chi connectivity index (χ4v) is 18.1. The molecule has 0 saturated carbocycles. The number of unbranched alkanes of at least 4 members (excludes halogenated alkanes) is 9. The number of carbonyl (C=O) groups is 8. The van der Waals surface area contributed by atoms with Gasteiger partial charge in [-0.15, -0.1) is 0 Å². The lowest BCUT2D eigenvalue weighted by Crippen LogP contribution is -2.48. The first-order valence-electron chi connectivity index (χ1n) is 41.2. The van der Waals surface area contributed by atoms with Crippen molar-refractivity contribution in [2.24, 2.45) is 0 Å². The normalized spacial score (nSPS) is 13.5. The van der Waals surface area contributed by atoms with E-state index in [1.807, 2.05) is 145 Å². The van der Waals surface area contributed by atoms with Crippen LogP contribution in [0.25, 0.3) is 32.6 Å². The van der Waals surface area contributed by atoms with Crippen LogP contribution in [0, 0.1) is 20.8 Å². The summed E-state index contributed by atoms with van der Waals surface area (Å²) in [6.45, 7) is 15.7. The maximum absolute atomic E-state index is 14.2. The Morgan fingerprint density at radius 1 is 0.417 bits per heavy atom. The molecule has 0 fully saturated rings. The van der Waals surface area contributed by atoms with E-state index in [1.54, 1.807) is 60.7 Å². The van der Waals surface area contributed by atoms with E-state index in [1.165, 1.54) is 25.3 Å². The molecule has 115 heavy (non-hydrogen) atoms. The molecule has 2 aliphatic rings. The van der Waals surface area contributed by atoms with Crippen molar-refractivity contribution in [3.8, 4) is 0 Å². The average molecular weight is 1610 g/mol. The van der Waals surface area contributed by atoms with Crippen LogP contribution in [0.15, 0.2) is 168 Å². The molecule has 0 aliphatic carbocycles. The highest BCUT2D eigenvalue weighted by molar-refractivity contribution is 7.93. The second kappa shape index (κ2) is 45.1. The third-order valence-electron chi connectivity index (χ3n) is 21.3. The topological polar surface area (TPSA) is 294 Å². The first-order chi connectivity index (χ1) is 55.3. The van der Waals surface area contributed by atoms with E-state index in [0.717, 1.165) is 140 Å². The predicted molar refractivity (Wildman–Crippen MR) is 462 cm³/mol. The minimum atomic E-state index is -4.05. The van der Waals surface area contributed by atoms with Crippen LogP contribution in [0.4, 0.5) is 17.1 Å². The van der Waals surface area contributed by atoms with Gasteiger partial charge in [-0.05, 0) is 149 Å². The summed E-state index contributed by atoms with van der Waals surface area (Å²) in [4.78, 5) is 105. The Bertz CT molecular complexity index is 5010. The number of sulfonamides is 2. The zero-order chi connectivity index (χ0) is 83.0. The Morgan fingerprint density at radius 3 is 1.35 bits per heavy atom. The summed E-state index contributed by atoms with van der Waals surface area (Å²) in [5, 5.41) is 15.6.